The first-order valence-corrected chi connectivity index (χ1v) is 6.47. The van der Waals surface area contributed by atoms with Gasteiger partial charge in [-0.15, -0.1) is 0 Å². The largest absolute Gasteiger partial charge is 0.480 e. The number of esters is 1. The first kappa shape index (κ1) is 14.7. The van der Waals surface area contributed by atoms with Gasteiger partial charge in [-0.25, -0.2) is 0 Å². The molecule has 4 nitrogen and oxygen atoms in total. The van der Waals surface area contributed by atoms with E-state index in [2.05, 4.69) is 15.9 Å². The minimum Gasteiger partial charge on any atom is -0.480 e. The first-order chi connectivity index (χ1) is 8.44. The van der Waals surface area contributed by atoms with Crippen molar-refractivity contribution in [1.82, 2.24) is 0 Å². The third kappa shape index (κ3) is 2.90. The maximum atomic E-state index is 11.3. The molecular formula is C13H15BrO4. The standard InChI is InChI=1S/C13H15BrO4/c1-3-13(18-9(2)15,11(14)12(16)17)10-7-5-4-6-8-10/h4-8,11H,3H2,1-2H3,(H,16,17)/t11-,13+/m1/s1. The second-order valence-corrected chi connectivity index (χ2v) is 4.82. The number of benzene rings is 1. The number of carboxylic acid groups (broad SMARTS) is 1. The molecule has 98 valence electrons. The van der Waals surface area contributed by atoms with Crippen molar-refractivity contribution in [3.05, 3.63) is 35.9 Å². The quantitative estimate of drug-likeness (QED) is 0.670. The molecule has 1 rings (SSSR count). The van der Waals surface area contributed by atoms with Gasteiger partial charge in [-0.2, -0.15) is 0 Å². The number of carboxylic acids is 1. The van der Waals surface area contributed by atoms with E-state index in [9.17, 15) is 14.7 Å². The molecule has 0 spiro atoms. The number of hydrogen-bond donors (Lipinski definition) is 1. The smallest absolute Gasteiger partial charge is 0.321 e. The summed E-state index contributed by atoms with van der Waals surface area (Å²) < 4.78 is 5.33. The average Bonchev–Trinajstić information content (AvgIpc) is 2.35. The Bertz CT molecular complexity index is 432. The number of hydrogen-bond acceptors (Lipinski definition) is 3. The number of carbonyl (C=O) groups excluding carboxylic acids is 1. The fourth-order valence-electron chi connectivity index (χ4n) is 1.89. The van der Waals surface area contributed by atoms with Crippen LogP contribution in [0, 0.1) is 0 Å². The molecule has 0 aliphatic rings. The van der Waals surface area contributed by atoms with Crippen LogP contribution in [0.3, 0.4) is 0 Å². The van der Waals surface area contributed by atoms with Crippen LogP contribution in [0.4, 0.5) is 0 Å². The number of ether oxygens (including phenoxy) is 1. The van der Waals surface area contributed by atoms with Gasteiger partial charge in [0.2, 0.25) is 0 Å². The Kier molecular flexibility index (Phi) is 4.90. The lowest BCUT2D eigenvalue weighted by Gasteiger charge is -2.34. The summed E-state index contributed by atoms with van der Waals surface area (Å²) in [6, 6.07) is 8.89. The van der Waals surface area contributed by atoms with Crippen LogP contribution in [-0.4, -0.2) is 21.9 Å². The summed E-state index contributed by atoms with van der Waals surface area (Å²) in [5, 5.41) is 9.18. The van der Waals surface area contributed by atoms with Crippen molar-refractivity contribution in [2.75, 3.05) is 0 Å². The molecule has 0 saturated carbocycles. The Balaban J connectivity index is 3.31. The average molecular weight is 315 g/mol. The molecule has 0 fully saturated rings. The van der Waals surface area contributed by atoms with Gasteiger partial charge in [-0.05, 0) is 12.0 Å². The van der Waals surface area contributed by atoms with Crippen LogP contribution in [0.1, 0.15) is 25.8 Å². The zero-order valence-corrected chi connectivity index (χ0v) is 11.8. The fraction of sp³-hybridized carbons (Fsp3) is 0.385. The lowest BCUT2D eigenvalue weighted by Crippen LogP contribution is -2.44. The Morgan fingerprint density at radius 3 is 2.33 bits per heavy atom. The number of rotatable bonds is 5. The first-order valence-electron chi connectivity index (χ1n) is 5.56. The highest BCUT2D eigenvalue weighted by Crippen LogP contribution is 2.37. The third-order valence-electron chi connectivity index (χ3n) is 2.74. The topological polar surface area (TPSA) is 63.6 Å². The Hall–Kier alpha value is -1.36. The van der Waals surface area contributed by atoms with Crippen LogP contribution in [-0.2, 0) is 19.9 Å². The van der Waals surface area contributed by atoms with E-state index in [1.165, 1.54) is 6.92 Å². The van der Waals surface area contributed by atoms with E-state index in [0.29, 0.717) is 12.0 Å². The minimum absolute atomic E-state index is 0.360. The van der Waals surface area contributed by atoms with Crippen molar-refractivity contribution in [3.63, 3.8) is 0 Å². The number of aliphatic carboxylic acids is 1. The van der Waals surface area contributed by atoms with Crippen molar-refractivity contribution < 1.29 is 19.4 Å². The van der Waals surface area contributed by atoms with Gasteiger partial charge in [0, 0.05) is 6.92 Å². The molecule has 0 radical (unpaired) electrons. The molecule has 5 heteroatoms. The predicted octanol–water partition coefficient (Wildman–Crippen LogP) is 2.70. The van der Waals surface area contributed by atoms with Crippen molar-refractivity contribution in [2.24, 2.45) is 0 Å². The molecule has 0 aliphatic heterocycles. The molecule has 0 aliphatic carbocycles. The fourth-order valence-corrected chi connectivity index (χ4v) is 2.57. The molecule has 18 heavy (non-hydrogen) atoms. The van der Waals surface area contributed by atoms with Crippen LogP contribution in [0.15, 0.2) is 30.3 Å². The van der Waals surface area contributed by atoms with E-state index in [0.717, 1.165) is 0 Å². The van der Waals surface area contributed by atoms with Crippen LogP contribution >= 0.6 is 15.9 Å². The molecule has 1 aromatic carbocycles. The van der Waals surface area contributed by atoms with E-state index in [1.54, 1.807) is 31.2 Å². The van der Waals surface area contributed by atoms with Crippen LogP contribution in [0.25, 0.3) is 0 Å². The summed E-state index contributed by atoms with van der Waals surface area (Å²) in [6.45, 7) is 3.06. The van der Waals surface area contributed by atoms with Crippen molar-refractivity contribution in [3.8, 4) is 0 Å². The van der Waals surface area contributed by atoms with Gasteiger partial charge in [0.15, 0.2) is 10.4 Å². The van der Waals surface area contributed by atoms with Crippen molar-refractivity contribution >= 4 is 27.9 Å². The second-order valence-electron chi connectivity index (χ2n) is 3.90. The molecule has 1 aromatic rings. The normalized spacial score (nSPS) is 15.5. The van der Waals surface area contributed by atoms with Crippen LogP contribution in [0.2, 0.25) is 0 Å². The third-order valence-corrected chi connectivity index (χ3v) is 3.87. The van der Waals surface area contributed by atoms with Crippen molar-refractivity contribution in [2.45, 2.75) is 30.7 Å². The van der Waals surface area contributed by atoms with Gasteiger partial charge in [-0.1, -0.05) is 53.2 Å². The number of halogens is 1. The zero-order valence-electron chi connectivity index (χ0n) is 10.2. The van der Waals surface area contributed by atoms with E-state index in [1.807, 2.05) is 6.07 Å². The minimum atomic E-state index is -1.20. The second kappa shape index (κ2) is 6.00. The monoisotopic (exact) mass is 314 g/mol. The Morgan fingerprint density at radius 2 is 1.94 bits per heavy atom. The van der Waals surface area contributed by atoms with E-state index < -0.39 is 22.4 Å². The molecule has 1 N–H and O–H groups in total. The molecule has 0 bridgehead atoms. The summed E-state index contributed by atoms with van der Waals surface area (Å²) in [5.74, 6) is -1.58. The maximum Gasteiger partial charge on any atom is 0.321 e. The van der Waals surface area contributed by atoms with Gasteiger partial charge < -0.3 is 9.84 Å². The molecule has 0 aromatic heterocycles. The molecule has 0 saturated heterocycles. The maximum absolute atomic E-state index is 11.3. The van der Waals surface area contributed by atoms with Gasteiger partial charge in [0.05, 0.1) is 0 Å². The lowest BCUT2D eigenvalue weighted by molar-refractivity contribution is -0.163. The summed E-state index contributed by atoms with van der Waals surface area (Å²) in [7, 11) is 0. The summed E-state index contributed by atoms with van der Waals surface area (Å²) >= 11 is 3.11. The van der Waals surface area contributed by atoms with Gasteiger partial charge in [-0.3, -0.25) is 9.59 Å². The summed E-state index contributed by atoms with van der Waals surface area (Å²) in [4.78, 5) is 21.5. The number of carbonyl (C=O) groups is 2. The highest BCUT2D eigenvalue weighted by Gasteiger charge is 2.45. The molecule has 0 unspecified atom stereocenters. The highest BCUT2D eigenvalue weighted by atomic mass is 79.9. The number of alkyl halides is 1. The van der Waals surface area contributed by atoms with Gasteiger partial charge in [0.25, 0.3) is 0 Å². The van der Waals surface area contributed by atoms with Crippen LogP contribution < -0.4 is 0 Å². The SMILES string of the molecule is CC[C@](OC(C)=O)(c1ccccc1)[C@H](Br)C(=O)O. The molecule has 2 atom stereocenters. The Morgan fingerprint density at radius 1 is 1.39 bits per heavy atom. The van der Waals surface area contributed by atoms with E-state index in [4.69, 9.17) is 4.74 Å². The van der Waals surface area contributed by atoms with Gasteiger partial charge >= 0.3 is 11.9 Å². The van der Waals surface area contributed by atoms with Crippen molar-refractivity contribution in [1.29, 1.82) is 0 Å². The molecule has 0 heterocycles. The van der Waals surface area contributed by atoms with E-state index >= 15 is 0 Å². The highest BCUT2D eigenvalue weighted by molar-refractivity contribution is 9.10. The molecule has 0 amide bonds. The van der Waals surface area contributed by atoms with Gasteiger partial charge in [0.1, 0.15) is 0 Å². The zero-order chi connectivity index (χ0) is 13.8. The predicted molar refractivity (Wildman–Crippen MR) is 70.5 cm³/mol. The van der Waals surface area contributed by atoms with Crippen LogP contribution in [0.5, 0.6) is 0 Å². The van der Waals surface area contributed by atoms with E-state index in [-0.39, 0.29) is 0 Å². The lowest BCUT2D eigenvalue weighted by atomic mass is 9.87. The summed E-state index contributed by atoms with van der Waals surface area (Å²) in [5.41, 5.74) is -0.536. The molecular weight excluding hydrogens is 300 g/mol. The summed E-state index contributed by atoms with van der Waals surface area (Å²) in [6.07, 6.45) is 0.360. The Labute approximate surface area is 114 Å².